The molecule has 0 aliphatic heterocycles. The molecule has 1 aromatic carbocycles. The van der Waals surface area contributed by atoms with Crippen LogP contribution in [0.2, 0.25) is 0 Å². The van der Waals surface area contributed by atoms with Crippen molar-refractivity contribution in [3.63, 3.8) is 0 Å². The Morgan fingerprint density at radius 3 is 2.64 bits per heavy atom. The quantitative estimate of drug-likeness (QED) is 0.480. The third-order valence-electron chi connectivity index (χ3n) is 3.25. The number of hydrogen-bond acceptors (Lipinski definition) is 4. The van der Waals surface area contributed by atoms with Crippen LogP contribution >= 0.6 is 11.8 Å². The number of benzene rings is 1. The Labute approximate surface area is 135 Å². The molecule has 1 amide bonds. The molecule has 0 aliphatic rings. The Balaban J connectivity index is 2.60. The third-order valence-corrected chi connectivity index (χ3v) is 4.42. The van der Waals surface area contributed by atoms with Crippen molar-refractivity contribution in [2.45, 2.75) is 49.4 Å². The molecule has 6 heteroatoms. The van der Waals surface area contributed by atoms with Crippen LogP contribution in [-0.2, 0) is 4.79 Å². The molecule has 3 N–H and O–H groups in total. The number of aliphatic carboxylic acids is 1. The van der Waals surface area contributed by atoms with Crippen molar-refractivity contribution in [1.82, 2.24) is 5.32 Å². The van der Waals surface area contributed by atoms with Crippen molar-refractivity contribution >= 4 is 23.6 Å². The molecule has 2 atom stereocenters. The number of amides is 1. The maximum Gasteiger partial charge on any atom is 0.316 e. The summed E-state index contributed by atoms with van der Waals surface area (Å²) in [6.45, 7) is 4.00. The molecular weight excluding hydrogens is 302 g/mol. The summed E-state index contributed by atoms with van der Waals surface area (Å²) in [4.78, 5) is 23.8. The Kier molecular flexibility index (Phi) is 7.98. The van der Waals surface area contributed by atoms with E-state index in [1.807, 2.05) is 6.92 Å². The summed E-state index contributed by atoms with van der Waals surface area (Å²) in [5, 5.41) is 20.6. The van der Waals surface area contributed by atoms with E-state index in [2.05, 4.69) is 5.32 Å². The molecule has 122 valence electrons. The summed E-state index contributed by atoms with van der Waals surface area (Å²) < 4.78 is 0. The van der Waals surface area contributed by atoms with E-state index in [9.17, 15) is 14.7 Å². The number of hydrogen-bond donors (Lipinski definition) is 3. The first-order valence-electron chi connectivity index (χ1n) is 7.40. The third kappa shape index (κ3) is 6.07. The Bertz CT molecular complexity index is 507. The van der Waals surface area contributed by atoms with Crippen molar-refractivity contribution in [2.75, 3.05) is 6.54 Å². The number of carboxylic acids is 1. The van der Waals surface area contributed by atoms with Gasteiger partial charge in [0.25, 0.3) is 5.91 Å². The van der Waals surface area contributed by atoms with Crippen LogP contribution in [0.15, 0.2) is 29.2 Å². The van der Waals surface area contributed by atoms with E-state index >= 15 is 0 Å². The number of carbonyl (C=O) groups is 2. The maximum atomic E-state index is 12.2. The van der Waals surface area contributed by atoms with Gasteiger partial charge >= 0.3 is 5.97 Å². The molecule has 22 heavy (non-hydrogen) atoms. The van der Waals surface area contributed by atoms with Gasteiger partial charge in [0, 0.05) is 11.4 Å². The van der Waals surface area contributed by atoms with E-state index in [0.29, 0.717) is 36.3 Å². The number of aliphatic hydroxyl groups is 1. The molecule has 2 unspecified atom stereocenters. The van der Waals surface area contributed by atoms with E-state index in [-0.39, 0.29) is 12.0 Å². The summed E-state index contributed by atoms with van der Waals surface area (Å²) in [6.07, 6.45) is 1.75. The minimum Gasteiger partial charge on any atom is -0.480 e. The number of thioether (sulfide) groups is 1. The first kappa shape index (κ1) is 18.5. The van der Waals surface area contributed by atoms with Crippen LogP contribution in [0.1, 0.15) is 43.5 Å². The lowest BCUT2D eigenvalue weighted by Crippen LogP contribution is -2.26. The second kappa shape index (κ2) is 9.48. The van der Waals surface area contributed by atoms with Crippen molar-refractivity contribution in [3.8, 4) is 0 Å². The highest BCUT2D eigenvalue weighted by molar-refractivity contribution is 8.00. The second-order valence-corrected chi connectivity index (χ2v) is 6.44. The van der Waals surface area contributed by atoms with E-state index in [0.717, 1.165) is 11.8 Å². The van der Waals surface area contributed by atoms with Crippen molar-refractivity contribution < 1.29 is 19.8 Å². The van der Waals surface area contributed by atoms with Gasteiger partial charge in [0.2, 0.25) is 0 Å². The zero-order chi connectivity index (χ0) is 16.5. The second-order valence-electron chi connectivity index (χ2n) is 5.05. The SMILES string of the molecule is CCC(O)CCCNC(=O)c1ccccc1SC(C)C(=O)O. The van der Waals surface area contributed by atoms with E-state index in [1.54, 1.807) is 31.2 Å². The topological polar surface area (TPSA) is 86.6 Å². The van der Waals surface area contributed by atoms with Crippen LogP contribution in [0.4, 0.5) is 0 Å². The zero-order valence-corrected chi connectivity index (χ0v) is 13.7. The minimum atomic E-state index is -0.909. The van der Waals surface area contributed by atoms with Crippen LogP contribution in [0.25, 0.3) is 0 Å². The molecule has 0 spiro atoms. The first-order valence-corrected chi connectivity index (χ1v) is 8.28. The fourth-order valence-corrected chi connectivity index (χ4v) is 2.76. The number of rotatable bonds is 9. The van der Waals surface area contributed by atoms with Crippen LogP contribution < -0.4 is 5.32 Å². The molecule has 0 aliphatic carbocycles. The predicted octanol–water partition coefficient (Wildman–Crippen LogP) is 2.53. The van der Waals surface area contributed by atoms with Crippen LogP contribution in [0.3, 0.4) is 0 Å². The lowest BCUT2D eigenvalue weighted by atomic mass is 10.1. The van der Waals surface area contributed by atoms with Gasteiger partial charge in [-0.2, -0.15) is 0 Å². The van der Waals surface area contributed by atoms with E-state index < -0.39 is 11.2 Å². The van der Waals surface area contributed by atoms with Crippen molar-refractivity contribution in [3.05, 3.63) is 29.8 Å². The maximum absolute atomic E-state index is 12.2. The minimum absolute atomic E-state index is 0.216. The van der Waals surface area contributed by atoms with Gasteiger partial charge in [-0.3, -0.25) is 9.59 Å². The van der Waals surface area contributed by atoms with Crippen molar-refractivity contribution in [1.29, 1.82) is 0 Å². The summed E-state index contributed by atoms with van der Waals surface area (Å²) in [5.41, 5.74) is 0.483. The fourth-order valence-electron chi connectivity index (χ4n) is 1.84. The lowest BCUT2D eigenvalue weighted by Gasteiger charge is -2.12. The highest BCUT2D eigenvalue weighted by Gasteiger charge is 2.17. The summed E-state index contributed by atoms with van der Waals surface area (Å²) in [5.74, 6) is -1.12. The molecule has 0 bridgehead atoms. The van der Waals surface area contributed by atoms with Gasteiger partial charge in [-0.15, -0.1) is 11.8 Å². The van der Waals surface area contributed by atoms with Crippen LogP contribution in [-0.4, -0.2) is 40.0 Å². The molecular formula is C16H23NO4S. The van der Waals surface area contributed by atoms with E-state index in [1.165, 1.54) is 0 Å². The standard InChI is InChI=1S/C16H23NO4S/c1-3-12(18)7-6-10-17-15(19)13-8-4-5-9-14(13)22-11(2)16(20)21/h4-5,8-9,11-12,18H,3,6-7,10H2,1-2H3,(H,17,19)(H,20,21). The number of nitrogens with one attached hydrogen (secondary N) is 1. The molecule has 0 aromatic heterocycles. The Hall–Kier alpha value is -1.53. The summed E-state index contributed by atoms with van der Waals surface area (Å²) in [7, 11) is 0. The Morgan fingerprint density at radius 2 is 2.00 bits per heavy atom. The highest BCUT2D eigenvalue weighted by Crippen LogP contribution is 2.26. The fraction of sp³-hybridized carbons (Fsp3) is 0.500. The average Bonchev–Trinajstić information content (AvgIpc) is 2.51. The Morgan fingerprint density at radius 1 is 1.32 bits per heavy atom. The van der Waals surface area contributed by atoms with Gasteiger partial charge in [-0.25, -0.2) is 0 Å². The van der Waals surface area contributed by atoms with Crippen LogP contribution in [0.5, 0.6) is 0 Å². The molecule has 0 fully saturated rings. The number of carbonyl (C=O) groups excluding carboxylic acids is 1. The summed E-state index contributed by atoms with van der Waals surface area (Å²) >= 11 is 1.15. The normalized spacial score (nSPS) is 13.4. The van der Waals surface area contributed by atoms with Crippen molar-refractivity contribution in [2.24, 2.45) is 0 Å². The monoisotopic (exact) mass is 325 g/mol. The smallest absolute Gasteiger partial charge is 0.316 e. The van der Waals surface area contributed by atoms with Gasteiger partial charge in [-0.1, -0.05) is 19.1 Å². The molecule has 0 saturated heterocycles. The van der Waals surface area contributed by atoms with Gasteiger partial charge in [-0.05, 0) is 38.3 Å². The average molecular weight is 325 g/mol. The van der Waals surface area contributed by atoms with E-state index in [4.69, 9.17) is 5.11 Å². The predicted molar refractivity (Wildman–Crippen MR) is 87.3 cm³/mol. The zero-order valence-electron chi connectivity index (χ0n) is 12.9. The largest absolute Gasteiger partial charge is 0.480 e. The van der Waals surface area contributed by atoms with Gasteiger partial charge in [0.1, 0.15) is 5.25 Å². The summed E-state index contributed by atoms with van der Waals surface area (Å²) in [6, 6.07) is 6.98. The molecule has 0 radical (unpaired) electrons. The molecule has 1 aromatic rings. The van der Waals surface area contributed by atoms with Gasteiger partial charge in [0.15, 0.2) is 0 Å². The lowest BCUT2D eigenvalue weighted by molar-refractivity contribution is -0.136. The highest BCUT2D eigenvalue weighted by atomic mass is 32.2. The molecule has 0 saturated carbocycles. The first-order chi connectivity index (χ1) is 10.5. The van der Waals surface area contributed by atoms with Gasteiger partial charge < -0.3 is 15.5 Å². The molecule has 1 rings (SSSR count). The number of aliphatic hydroxyl groups excluding tert-OH is 1. The number of carboxylic acid groups (broad SMARTS) is 1. The molecule has 0 heterocycles. The van der Waals surface area contributed by atoms with Crippen LogP contribution in [0, 0.1) is 0 Å². The van der Waals surface area contributed by atoms with Gasteiger partial charge in [0.05, 0.1) is 11.7 Å². The molecule has 5 nitrogen and oxygen atoms in total.